The Hall–Kier alpha value is -0.695. The van der Waals surface area contributed by atoms with Crippen LogP contribution in [-0.2, 0) is 0 Å². The van der Waals surface area contributed by atoms with Gasteiger partial charge < -0.3 is 5.11 Å². The molecular formula is C6H3BClFO. The van der Waals surface area contributed by atoms with Gasteiger partial charge in [-0.15, -0.1) is 0 Å². The fraction of sp³-hybridized carbons (Fsp3) is 0. The van der Waals surface area contributed by atoms with Crippen LogP contribution in [0, 0.1) is 5.82 Å². The molecule has 50 valence electrons. The van der Waals surface area contributed by atoms with E-state index in [1.165, 1.54) is 6.07 Å². The summed E-state index contributed by atoms with van der Waals surface area (Å²) in [7, 11) is 5.07. The van der Waals surface area contributed by atoms with Gasteiger partial charge in [0.2, 0.25) is 0 Å². The van der Waals surface area contributed by atoms with E-state index >= 15 is 0 Å². The lowest BCUT2D eigenvalue weighted by Gasteiger charge is -1.99. The Morgan fingerprint density at radius 3 is 2.60 bits per heavy atom. The summed E-state index contributed by atoms with van der Waals surface area (Å²) in [6.45, 7) is 0. The zero-order chi connectivity index (χ0) is 7.72. The Kier molecular flexibility index (Phi) is 1.86. The van der Waals surface area contributed by atoms with Crippen molar-refractivity contribution in [1.29, 1.82) is 0 Å². The molecule has 2 radical (unpaired) electrons. The summed E-state index contributed by atoms with van der Waals surface area (Å²) in [6.07, 6.45) is 0. The van der Waals surface area contributed by atoms with Crippen LogP contribution in [0.15, 0.2) is 12.1 Å². The molecule has 4 heteroatoms. The van der Waals surface area contributed by atoms with Gasteiger partial charge in [0.15, 0.2) is 0 Å². The second-order valence-electron chi connectivity index (χ2n) is 1.82. The molecule has 0 fully saturated rings. The zero-order valence-corrected chi connectivity index (χ0v) is 5.69. The lowest BCUT2D eigenvalue weighted by molar-refractivity contribution is 0.475. The predicted octanol–water partition coefficient (Wildman–Crippen LogP) is 0.978. The topological polar surface area (TPSA) is 20.2 Å². The molecule has 0 aliphatic rings. The molecule has 1 rings (SSSR count). The number of rotatable bonds is 0. The number of aromatic hydroxyl groups is 1. The second-order valence-corrected chi connectivity index (χ2v) is 2.26. The van der Waals surface area contributed by atoms with Gasteiger partial charge >= 0.3 is 0 Å². The molecule has 0 aliphatic carbocycles. The van der Waals surface area contributed by atoms with Crippen LogP contribution in [-0.4, -0.2) is 13.0 Å². The zero-order valence-electron chi connectivity index (χ0n) is 4.94. The molecule has 0 aromatic heterocycles. The largest absolute Gasteiger partial charge is 0.508 e. The van der Waals surface area contributed by atoms with Crippen molar-refractivity contribution in [2.45, 2.75) is 0 Å². The Morgan fingerprint density at radius 2 is 2.10 bits per heavy atom. The smallest absolute Gasteiger partial charge is 0.123 e. The molecule has 10 heavy (non-hydrogen) atoms. The highest BCUT2D eigenvalue weighted by Gasteiger charge is 2.02. The lowest BCUT2D eigenvalue weighted by atomic mass is 9.94. The summed E-state index contributed by atoms with van der Waals surface area (Å²) in [4.78, 5) is 0. The maximum Gasteiger partial charge on any atom is 0.123 e. The molecule has 0 saturated carbocycles. The highest BCUT2D eigenvalue weighted by atomic mass is 35.5. The quantitative estimate of drug-likeness (QED) is 0.555. The average Bonchev–Trinajstić information content (AvgIpc) is 1.82. The highest BCUT2D eigenvalue weighted by Crippen LogP contribution is 2.15. The third-order valence-corrected chi connectivity index (χ3v) is 1.29. The molecular weight excluding hydrogens is 153 g/mol. The van der Waals surface area contributed by atoms with Crippen LogP contribution < -0.4 is 5.46 Å². The molecule has 0 heterocycles. The van der Waals surface area contributed by atoms with E-state index in [1.807, 2.05) is 0 Å². The van der Waals surface area contributed by atoms with Gasteiger partial charge in [0, 0.05) is 5.02 Å². The normalized spacial score (nSPS) is 9.80. The molecule has 1 N–H and O–H groups in total. The summed E-state index contributed by atoms with van der Waals surface area (Å²) in [5.74, 6) is -1.03. The van der Waals surface area contributed by atoms with E-state index in [2.05, 4.69) is 0 Å². The fourth-order valence-corrected chi connectivity index (χ4v) is 0.770. The van der Waals surface area contributed by atoms with E-state index in [0.717, 1.165) is 6.07 Å². The van der Waals surface area contributed by atoms with Crippen molar-refractivity contribution in [3.05, 3.63) is 23.0 Å². The van der Waals surface area contributed by atoms with E-state index < -0.39 is 5.82 Å². The molecule has 0 amide bonds. The predicted molar refractivity (Wildman–Crippen MR) is 38.5 cm³/mol. The van der Waals surface area contributed by atoms with Crippen molar-refractivity contribution >= 4 is 24.9 Å². The van der Waals surface area contributed by atoms with E-state index in [0.29, 0.717) is 0 Å². The number of phenolic OH excluding ortho intramolecular Hbond substituents is 1. The summed E-state index contributed by atoms with van der Waals surface area (Å²) < 4.78 is 12.5. The van der Waals surface area contributed by atoms with Crippen molar-refractivity contribution in [1.82, 2.24) is 0 Å². The van der Waals surface area contributed by atoms with Gasteiger partial charge in [0.05, 0.1) is 0 Å². The summed E-state index contributed by atoms with van der Waals surface area (Å²) in [5.41, 5.74) is -0.274. The van der Waals surface area contributed by atoms with Crippen molar-refractivity contribution < 1.29 is 9.50 Å². The van der Waals surface area contributed by atoms with Crippen LogP contribution in [0.4, 0.5) is 4.39 Å². The minimum Gasteiger partial charge on any atom is -0.508 e. The first-order chi connectivity index (χ1) is 4.61. The molecule has 1 aromatic carbocycles. The van der Waals surface area contributed by atoms with Gasteiger partial charge in [-0.2, -0.15) is 0 Å². The molecule has 0 unspecified atom stereocenters. The van der Waals surface area contributed by atoms with Crippen LogP contribution in [0.2, 0.25) is 5.02 Å². The van der Waals surface area contributed by atoms with Gasteiger partial charge in [-0.05, 0) is 17.6 Å². The SMILES string of the molecule is [B]c1c(O)cc(Cl)cc1F. The minimum atomic E-state index is -0.704. The molecule has 0 aliphatic heterocycles. The molecule has 0 spiro atoms. The third kappa shape index (κ3) is 1.24. The maximum atomic E-state index is 12.5. The van der Waals surface area contributed by atoms with E-state index in [4.69, 9.17) is 24.6 Å². The fourth-order valence-electron chi connectivity index (χ4n) is 0.571. The van der Waals surface area contributed by atoms with E-state index in [-0.39, 0.29) is 16.2 Å². The lowest BCUT2D eigenvalue weighted by Crippen LogP contribution is -2.08. The van der Waals surface area contributed by atoms with Crippen molar-refractivity contribution in [3.8, 4) is 5.75 Å². The summed E-state index contributed by atoms with van der Waals surface area (Å²) in [5, 5.41) is 8.96. The first-order valence-electron chi connectivity index (χ1n) is 2.54. The Bertz CT molecular complexity index is 241. The van der Waals surface area contributed by atoms with Crippen molar-refractivity contribution in [2.24, 2.45) is 0 Å². The molecule has 1 aromatic rings. The van der Waals surface area contributed by atoms with Crippen LogP contribution in [0.3, 0.4) is 0 Å². The standard InChI is InChI=1S/C6H3BClFO/c7-6-4(9)1-3(8)2-5(6)10/h1-2,10H. The summed E-state index contributed by atoms with van der Waals surface area (Å²) >= 11 is 5.37. The Morgan fingerprint density at radius 1 is 1.50 bits per heavy atom. The molecule has 1 nitrogen and oxygen atoms in total. The monoisotopic (exact) mass is 156 g/mol. The molecule has 0 saturated heterocycles. The second kappa shape index (κ2) is 2.50. The maximum absolute atomic E-state index is 12.5. The molecule has 0 bridgehead atoms. The first-order valence-corrected chi connectivity index (χ1v) is 2.92. The van der Waals surface area contributed by atoms with Gasteiger partial charge in [0.25, 0.3) is 0 Å². The van der Waals surface area contributed by atoms with Gasteiger partial charge in [-0.1, -0.05) is 11.6 Å². The number of phenols is 1. The molecule has 0 atom stereocenters. The third-order valence-electron chi connectivity index (χ3n) is 1.07. The minimum absolute atomic E-state index is 0.129. The summed E-state index contributed by atoms with van der Waals surface area (Å²) in [6, 6.07) is 2.22. The van der Waals surface area contributed by atoms with Crippen LogP contribution >= 0.6 is 11.6 Å². The Balaban J connectivity index is 3.31. The Labute approximate surface area is 63.8 Å². The number of halogens is 2. The van der Waals surface area contributed by atoms with Crippen LogP contribution in [0.25, 0.3) is 0 Å². The first kappa shape index (κ1) is 7.41. The van der Waals surface area contributed by atoms with Gasteiger partial charge in [-0.25, -0.2) is 4.39 Å². The number of hydrogen-bond acceptors (Lipinski definition) is 1. The van der Waals surface area contributed by atoms with E-state index in [1.54, 1.807) is 0 Å². The van der Waals surface area contributed by atoms with Gasteiger partial charge in [-0.3, -0.25) is 0 Å². The van der Waals surface area contributed by atoms with Crippen LogP contribution in [0.5, 0.6) is 5.75 Å². The van der Waals surface area contributed by atoms with Crippen LogP contribution in [0.1, 0.15) is 0 Å². The highest BCUT2D eigenvalue weighted by molar-refractivity contribution is 6.36. The number of benzene rings is 1. The van der Waals surface area contributed by atoms with E-state index in [9.17, 15) is 4.39 Å². The van der Waals surface area contributed by atoms with Crippen molar-refractivity contribution in [3.63, 3.8) is 0 Å². The number of hydrogen-bond donors (Lipinski definition) is 1. The van der Waals surface area contributed by atoms with Crippen molar-refractivity contribution in [2.75, 3.05) is 0 Å². The average molecular weight is 156 g/mol. The van der Waals surface area contributed by atoms with Gasteiger partial charge in [0.1, 0.15) is 19.4 Å².